The molecule has 1 atom stereocenters. The lowest BCUT2D eigenvalue weighted by Crippen LogP contribution is -2.38. The molecule has 1 aromatic heterocycles. The highest BCUT2D eigenvalue weighted by atomic mass is 35.5. The Kier molecular flexibility index (Phi) is 6.18. The van der Waals surface area contributed by atoms with Crippen molar-refractivity contribution in [3.8, 4) is 0 Å². The van der Waals surface area contributed by atoms with Gasteiger partial charge < -0.3 is 4.74 Å². The van der Waals surface area contributed by atoms with E-state index in [1.54, 1.807) is 4.90 Å². The topological polar surface area (TPSA) is 42.4 Å². The fraction of sp³-hybridized carbons (Fsp3) is 0.391. The molecule has 3 aromatic rings. The number of para-hydroxylation sites is 1. The number of hydrogen-bond acceptors (Lipinski definition) is 4. The Morgan fingerprint density at radius 1 is 1.28 bits per heavy atom. The number of halogens is 1. The summed E-state index contributed by atoms with van der Waals surface area (Å²) in [4.78, 5) is 19.8. The number of amides is 1. The predicted octanol–water partition coefficient (Wildman–Crippen LogP) is 5.83. The normalized spacial score (nSPS) is 16.6. The number of aromatic nitrogens is 1. The third-order valence-electron chi connectivity index (χ3n) is 5.30. The fourth-order valence-corrected chi connectivity index (χ4v) is 4.88. The van der Waals surface area contributed by atoms with Crippen molar-refractivity contribution < 1.29 is 9.53 Å². The molecule has 4 rings (SSSR count). The van der Waals surface area contributed by atoms with Gasteiger partial charge in [-0.1, -0.05) is 67.1 Å². The second-order valence-corrected chi connectivity index (χ2v) is 9.21. The number of carbonyl (C=O) groups excluding carboxylic acids is 1. The maximum atomic E-state index is 13.3. The van der Waals surface area contributed by atoms with Crippen LogP contribution in [0.25, 0.3) is 10.2 Å². The van der Waals surface area contributed by atoms with Crippen molar-refractivity contribution in [2.24, 2.45) is 0 Å². The monoisotopic (exact) mass is 428 g/mol. The van der Waals surface area contributed by atoms with Crippen LogP contribution in [0.2, 0.25) is 5.02 Å². The third-order valence-corrected chi connectivity index (χ3v) is 6.65. The van der Waals surface area contributed by atoms with Crippen LogP contribution in [0.15, 0.2) is 42.5 Å². The minimum Gasteiger partial charge on any atom is -0.376 e. The second kappa shape index (κ2) is 8.82. The quantitative estimate of drug-likeness (QED) is 0.496. The molecule has 1 unspecified atom stereocenters. The number of thiazole rings is 1. The van der Waals surface area contributed by atoms with Crippen molar-refractivity contribution in [2.45, 2.75) is 45.1 Å². The van der Waals surface area contributed by atoms with Gasteiger partial charge in [0.15, 0.2) is 5.13 Å². The highest BCUT2D eigenvalue weighted by Gasteiger charge is 2.26. The average Bonchev–Trinajstić information content (AvgIpc) is 3.36. The number of carbonyl (C=O) groups is 1. The van der Waals surface area contributed by atoms with Gasteiger partial charge in [0.25, 0.3) is 0 Å². The number of fused-ring (bicyclic) bond motifs is 1. The molecule has 6 heteroatoms. The first-order valence-corrected chi connectivity index (χ1v) is 11.3. The van der Waals surface area contributed by atoms with Crippen molar-refractivity contribution in [2.75, 3.05) is 18.1 Å². The summed E-state index contributed by atoms with van der Waals surface area (Å²) in [6.45, 7) is 5.62. The van der Waals surface area contributed by atoms with Crippen LogP contribution in [0.3, 0.4) is 0 Å². The predicted molar refractivity (Wildman–Crippen MR) is 120 cm³/mol. The van der Waals surface area contributed by atoms with Crippen LogP contribution in [-0.4, -0.2) is 30.1 Å². The lowest BCUT2D eigenvalue weighted by Gasteiger charge is -2.23. The standard InChI is InChI=1S/C23H25ClN2O2S/c1-15(2)17-10-8-16(9-11-17)13-21(27)26(14-18-5-4-12-28-18)23-25-22-19(24)6-3-7-20(22)29-23/h3,6-11,15,18H,4-5,12-14H2,1-2H3. The first-order chi connectivity index (χ1) is 14.0. The zero-order chi connectivity index (χ0) is 20.4. The van der Waals surface area contributed by atoms with Gasteiger partial charge >= 0.3 is 0 Å². The molecule has 152 valence electrons. The molecule has 1 saturated heterocycles. The highest BCUT2D eigenvalue weighted by molar-refractivity contribution is 7.22. The van der Waals surface area contributed by atoms with Gasteiger partial charge in [-0.2, -0.15) is 0 Å². The maximum absolute atomic E-state index is 13.3. The van der Waals surface area contributed by atoms with E-state index in [9.17, 15) is 4.79 Å². The number of anilines is 1. The molecule has 0 saturated carbocycles. The number of nitrogens with zero attached hydrogens (tertiary/aromatic N) is 2. The van der Waals surface area contributed by atoms with E-state index in [0.29, 0.717) is 29.0 Å². The Balaban J connectivity index is 1.60. The van der Waals surface area contributed by atoms with Crippen LogP contribution in [0.5, 0.6) is 0 Å². The molecule has 0 radical (unpaired) electrons. The van der Waals surface area contributed by atoms with Crippen LogP contribution in [0.4, 0.5) is 5.13 Å². The molecule has 1 aliphatic heterocycles. The number of hydrogen-bond donors (Lipinski definition) is 0. The molecule has 1 aliphatic rings. The highest BCUT2D eigenvalue weighted by Crippen LogP contribution is 2.33. The fourth-order valence-electron chi connectivity index (χ4n) is 3.59. The van der Waals surface area contributed by atoms with Gasteiger partial charge in [0.2, 0.25) is 5.91 Å². The van der Waals surface area contributed by atoms with Gasteiger partial charge in [0, 0.05) is 6.61 Å². The summed E-state index contributed by atoms with van der Waals surface area (Å²) in [5, 5.41) is 1.30. The molecular weight excluding hydrogens is 404 g/mol. The minimum absolute atomic E-state index is 0.0352. The molecule has 1 amide bonds. The first kappa shape index (κ1) is 20.3. The van der Waals surface area contributed by atoms with Crippen LogP contribution < -0.4 is 4.90 Å². The molecule has 1 fully saturated rings. The molecular formula is C23H25ClN2O2S. The average molecular weight is 429 g/mol. The van der Waals surface area contributed by atoms with E-state index in [1.807, 2.05) is 30.3 Å². The summed E-state index contributed by atoms with van der Waals surface area (Å²) in [6, 6.07) is 14.0. The van der Waals surface area contributed by atoms with Gasteiger partial charge in [-0.3, -0.25) is 9.69 Å². The van der Waals surface area contributed by atoms with E-state index < -0.39 is 0 Å². The van der Waals surface area contributed by atoms with Gasteiger partial charge in [0.05, 0.1) is 28.8 Å². The molecule has 2 aromatic carbocycles. The molecule has 0 N–H and O–H groups in total. The summed E-state index contributed by atoms with van der Waals surface area (Å²) < 4.78 is 6.79. The number of rotatable bonds is 6. The van der Waals surface area contributed by atoms with Crippen LogP contribution in [-0.2, 0) is 16.0 Å². The first-order valence-electron chi connectivity index (χ1n) is 10.1. The van der Waals surface area contributed by atoms with Crippen molar-refractivity contribution in [3.05, 3.63) is 58.6 Å². The Morgan fingerprint density at radius 3 is 2.72 bits per heavy atom. The van der Waals surface area contributed by atoms with E-state index in [-0.39, 0.29) is 12.0 Å². The Labute approximate surface area is 180 Å². The molecule has 4 nitrogen and oxygen atoms in total. The van der Waals surface area contributed by atoms with E-state index in [1.165, 1.54) is 16.9 Å². The smallest absolute Gasteiger partial charge is 0.233 e. The minimum atomic E-state index is 0.0352. The number of ether oxygens (including phenoxy) is 1. The van der Waals surface area contributed by atoms with Crippen molar-refractivity contribution >= 4 is 44.2 Å². The summed E-state index contributed by atoms with van der Waals surface area (Å²) in [6.07, 6.45) is 2.41. The van der Waals surface area contributed by atoms with E-state index in [4.69, 9.17) is 21.3 Å². The van der Waals surface area contributed by atoms with Crippen LogP contribution in [0.1, 0.15) is 43.7 Å². The third kappa shape index (κ3) is 4.63. The summed E-state index contributed by atoms with van der Waals surface area (Å²) >= 11 is 7.81. The zero-order valence-electron chi connectivity index (χ0n) is 16.7. The number of benzene rings is 2. The maximum Gasteiger partial charge on any atom is 0.233 e. The molecule has 0 aliphatic carbocycles. The summed E-state index contributed by atoms with van der Waals surface area (Å²) in [5.41, 5.74) is 3.04. The summed E-state index contributed by atoms with van der Waals surface area (Å²) in [5.74, 6) is 0.510. The van der Waals surface area contributed by atoms with E-state index in [2.05, 4.69) is 26.0 Å². The molecule has 29 heavy (non-hydrogen) atoms. The molecule has 0 spiro atoms. The Hall–Kier alpha value is -1.95. The van der Waals surface area contributed by atoms with Crippen LogP contribution >= 0.6 is 22.9 Å². The van der Waals surface area contributed by atoms with Crippen molar-refractivity contribution in [1.82, 2.24) is 4.98 Å². The van der Waals surface area contributed by atoms with Crippen molar-refractivity contribution in [3.63, 3.8) is 0 Å². The molecule has 0 bridgehead atoms. The van der Waals surface area contributed by atoms with Gasteiger partial charge in [-0.25, -0.2) is 4.98 Å². The van der Waals surface area contributed by atoms with Crippen LogP contribution in [0, 0.1) is 0 Å². The van der Waals surface area contributed by atoms with E-state index in [0.717, 1.165) is 35.2 Å². The van der Waals surface area contributed by atoms with Gasteiger partial charge in [-0.15, -0.1) is 0 Å². The Morgan fingerprint density at radius 2 is 2.07 bits per heavy atom. The SMILES string of the molecule is CC(C)c1ccc(CC(=O)N(CC2CCCO2)c2nc3c(Cl)cccc3s2)cc1. The molecule has 2 heterocycles. The lowest BCUT2D eigenvalue weighted by molar-refractivity contribution is -0.118. The lowest BCUT2D eigenvalue weighted by atomic mass is 10.0. The summed E-state index contributed by atoms with van der Waals surface area (Å²) in [7, 11) is 0. The van der Waals surface area contributed by atoms with Gasteiger partial charge in [-0.05, 0) is 42.0 Å². The van der Waals surface area contributed by atoms with Crippen molar-refractivity contribution in [1.29, 1.82) is 0 Å². The van der Waals surface area contributed by atoms with Gasteiger partial charge in [0.1, 0.15) is 5.52 Å². The second-order valence-electron chi connectivity index (χ2n) is 7.80. The van der Waals surface area contributed by atoms with E-state index >= 15 is 0 Å². The largest absolute Gasteiger partial charge is 0.376 e. The zero-order valence-corrected chi connectivity index (χ0v) is 18.3. The Bertz CT molecular complexity index is 994.